The molecule has 1 saturated heterocycles. The number of nitrogens with zero attached hydrogens (tertiary/aromatic N) is 3. The lowest BCUT2D eigenvalue weighted by Gasteiger charge is -2.29. The van der Waals surface area contributed by atoms with Gasteiger partial charge in [0.05, 0.1) is 29.1 Å². The third-order valence-electron chi connectivity index (χ3n) is 6.73. The standard InChI is InChI=1S/C29H28N4O5S/c1-32-25-17-23(38-22-4-2-3-20(16-22)33-11-13-36-14-12-33)9-10-24(25)30-27(32)18-37-21-7-5-19(6-8-21)15-26-28(34)31-29(35)39-26/h2-10,16-17,34H,11-15,18H2,1H3,(H,31,35). The second kappa shape index (κ2) is 10.8. The minimum atomic E-state index is -0.262. The summed E-state index contributed by atoms with van der Waals surface area (Å²) in [5.41, 5.74) is 3.92. The maximum absolute atomic E-state index is 11.4. The topological polar surface area (TPSA) is 102 Å². The lowest BCUT2D eigenvalue weighted by atomic mass is 10.1. The number of imidazole rings is 1. The Morgan fingerprint density at radius 3 is 2.56 bits per heavy atom. The highest BCUT2D eigenvalue weighted by Crippen LogP contribution is 2.29. The number of nitrogens with one attached hydrogen (secondary N) is 1. The second-order valence-corrected chi connectivity index (χ2v) is 10.4. The van der Waals surface area contributed by atoms with E-state index in [1.807, 2.05) is 66.2 Å². The Morgan fingerprint density at radius 1 is 1.03 bits per heavy atom. The number of hydrogen-bond donors (Lipinski definition) is 2. The second-order valence-electron chi connectivity index (χ2n) is 9.33. The summed E-state index contributed by atoms with van der Waals surface area (Å²) in [6, 6.07) is 21.6. The number of aryl methyl sites for hydroxylation is 1. The number of aromatic nitrogens is 3. The third kappa shape index (κ3) is 5.62. The molecule has 1 aliphatic rings. The number of rotatable bonds is 8. The van der Waals surface area contributed by atoms with E-state index in [1.165, 1.54) is 0 Å². The molecule has 1 fully saturated rings. The Morgan fingerprint density at radius 2 is 1.79 bits per heavy atom. The van der Waals surface area contributed by atoms with Crippen LogP contribution in [0, 0.1) is 0 Å². The minimum Gasteiger partial charge on any atom is -0.494 e. The molecule has 0 aliphatic carbocycles. The fraction of sp³-hybridized carbons (Fsp3) is 0.241. The van der Waals surface area contributed by atoms with Gasteiger partial charge in [-0.25, -0.2) is 4.98 Å². The normalized spacial score (nSPS) is 13.6. The van der Waals surface area contributed by atoms with Crippen LogP contribution in [0.4, 0.5) is 5.69 Å². The molecule has 2 aromatic heterocycles. The van der Waals surface area contributed by atoms with E-state index in [-0.39, 0.29) is 10.8 Å². The number of benzene rings is 3. The van der Waals surface area contributed by atoms with Crippen molar-refractivity contribution >= 4 is 28.1 Å². The first-order valence-corrected chi connectivity index (χ1v) is 13.5. The molecule has 0 saturated carbocycles. The highest BCUT2D eigenvalue weighted by atomic mass is 32.1. The van der Waals surface area contributed by atoms with Gasteiger partial charge in [-0.2, -0.15) is 0 Å². The van der Waals surface area contributed by atoms with Gasteiger partial charge < -0.3 is 28.8 Å². The Kier molecular flexibility index (Phi) is 6.95. The van der Waals surface area contributed by atoms with Gasteiger partial charge in [0.1, 0.15) is 29.7 Å². The quantitative estimate of drug-likeness (QED) is 0.289. The van der Waals surface area contributed by atoms with E-state index in [9.17, 15) is 9.90 Å². The van der Waals surface area contributed by atoms with Crippen LogP contribution in [0.1, 0.15) is 16.3 Å². The van der Waals surface area contributed by atoms with Gasteiger partial charge in [0.25, 0.3) is 0 Å². The van der Waals surface area contributed by atoms with Crippen molar-refractivity contribution in [2.24, 2.45) is 7.05 Å². The van der Waals surface area contributed by atoms with Crippen molar-refractivity contribution in [1.82, 2.24) is 14.5 Å². The van der Waals surface area contributed by atoms with Crippen LogP contribution in [-0.4, -0.2) is 45.9 Å². The fourth-order valence-corrected chi connectivity index (χ4v) is 5.38. The summed E-state index contributed by atoms with van der Waals surface area (Å²) in [4.78, 5) is 21.2. The van der Waals surface area contributed by atoms with E-state index in [2.05, 4.69) is 22.0 Å². The Balaban J connectivity index is 1.12. The van der Waals surface area contributed by atoms with E-state index in [4.69, 9.17) is 19.2 Å². The molecule has 39 heavy (non-hydrogen) atoms. The summed E-state index contributed by atoms with van der Waals surface area (Å²) >= 11 is 1.01. The molecule has 2 N–H and O–H groups in total. The molecule has 0 atom stereocenters. The van der Waals surface area contributed by atoms with Crippen LogP contribution >= 0.6 is 11.3 Å². The number of thiazole rings is 1. The van der Waals surface area contributed by atoms with Crippen molar-refractivity contribution in [1.29, 1.82) is 0 Å². The predicted octanol–water partition coefficient (Wildman–Crippen LogP) is 4.83. The Hall–Kier alpha value is -4.28. The molecular weight excluding hydrogens is 516 g/mol. The Labute approximate surface area is 228 Å². The van der Waals surface area contributed by atoms with E-state index in [1.54, 1.807) is 0 Å². The van der Waals surface area contributed by atoms with Crippen LogP contribution in [0.15, 0.2) is 71.5 Å². The van der Waals surface area contributed by atoms with Crippen molar-refractivity contribution in [3.05, 3.63) is 92.7 Å². The van der Waals surface area contributed by atoms with Crippen LogP contribution in [0.3, 0.4) is 0 Å². The van der Waals surface area contributed by atoms with Crippen molar-refractivity contribution in [2.45, 2.75) is 13.0 Å². The molecule has 200 valence electrons. The molecule has 10 heteroatoms. The van der Waals surface area contributed by atoms with Gasteiger partial charge in [0, 0.05) is 44.4 Å². The average molecular weight is 545 g/mol. The van der Waals surface area contributed by atoms with Gasteiger partial charge in [-0.1, -0.05) is 29.5 Å². The molecule has 9 nitrogen and oxygen atoms in total. The molecule has 0 radical (unpaired) electrons. The van der Waals surface area contributed by atoms with E-state index < -0.39 is 0 Å². The highest BCUT2D eigenvalue weighted by molar-refractivity contribution is 7.09. The lowest BCUT2D eigenvalue weighted by molar-refractivity contribution is 0.122. The molecule has 0 amide bonds. The summed E-state index contributed by atoms with van der Waals surface area (Å²) < 4.78 is 19.7. The maximum atomic E-state index is 11.4. The number of morpholine rings is 1. The molecule has 5 aromatic rings. The van der Waals surface area contributed by atoms with Crippen molar-refractivity contribution in [3.63, 3.8) is 0 Å². The van der Waals surface area contributed by atoms with Crippen LogP contribution in [-0.2, 0) is 24.8 Å². The molecular formula is C29H28N4O5S. The number of ether oxygens (including phenoxy) is 3. The summed E-state index contributed by atoms with van der Waals surface area (Å²) in [6.45, 7) is 3.54. The van der Waals surface area contributed by atoms with Gasteiger partial charge in [-0.15, -0.1) is 0 Å². The number of aromatic amines is 1. The van der Waals surface area contributed by atoms with E-state index >= 15 is 0 Å². The molecule has 0 bridgehead atoms. The highest BCUT2D eigenvalue weighted by Gasteiger charge is 2.14. The zero-order valence-corrected chi connectivity index (χ0v) is 22.2. The first-order valence-electron chi connectivity index (χ1n) is 12.7. The summed E-state index contributed by atoms with van der Waals surface area (Å²) in [5, 5.41) is 9.80. The van der Waals surface area contributed by atoms with Crippen molar-refractivity contribution in [3.8, 4) is 23.1 Å². The number of hydrogen-bond acceptors (Lipinski definition) is 8. The summed E-state index contributed by atoms with van der Waals surface area (Å²) in [6.07, 6.45) is 0.474. The zero-order chi connectivity index (χ0) is 26.8. The van der Waals surface area contributed by atoms with Crippen LogP contribution in [0.2, 0.25) is 0 Å². The average Bonchev–Trinajstić information content (AvgIpc) is 3.45. The minimum absolute atomic E-state index is 0.0674. The predicted molar refractivity (Wildman–Crippen MR) is 150 cm³/mol. The fourth-order valence-electron chi connectivity index (χ4n) is 4.62. The van der Waals surface area contributed by atoms with Crippen LogP contribution in [0.25, 0.3) is 11.0 Å². The van der Waals surface area contributed by atoms with Crippen LogP contribution in [0.5, 0.6) is 23.1 Å². The Bertz CT molecular complexity index is 1650. The summed E-state index contributed by atoms with van der Waals surface area (Å²) in [7, 11) is 1.97. The third-order valence-corrected chi connectivity index (χ3v) is 7.60. The van der Waals surface area contributed by atoms with Gasteiger partial charge >= 0.3 is 4.87 Å². The first kappa shape index (κ1) is 25.0. The number of H-pyrrole nitrogens is 1. The molecule has 6 rings (SSSR count). The van der Waals surface area contributed by atoms with E-state index in [0.29, 0.717) is 23.7 Å². The monoisotopic (exact) mass is 544 g/mol. The maximum Gasteiger partial charge on any atom is 0.307 e. The van der Waals surface area contributed by atoms with E-state index in [0.717, 1.165) is 77.2 Å². The molecule has 3 heterocycles. The van der Waals surface area contributed by atoms with Gasteiger partial charge in [-0.3, -0.25) is 9.78 Å². The largest absolute Gasteiger partial charge is 0.494 e. The van der Waals surface area contributed by atoms with Gasteiger partial charge in [0.2, 0.25) is 5.88 Å². The molecule has 3 aromatic carbocycles. The molecule has 0 unspecified atom stereocenters. The number of fused-ring (bicyclic) bond motifs is 1. The number of anilines is 1. The smallest absolute Gasteiger partial charge is 0.307 e. The van der Waals surface area contributed by atoms with Gasteiger partial charge in [-0.05, 0) is 42.0 Å². The molecule has 0 spiro atoms. The van der Waals surface area contributed by atoms with Gasteiger partial charge in [0.15, 0.2) is 0 Å². The molecule has 1 aliphatic heterocycles. The summed E-state index contributed by atoms with van der Waals surface area (Å²) in [5.74, 6) is 2.96. The first-order chi connectivity index (χ1) is 19.0. The van der Waals surface area contributed by atoms with Crippen LogP contribution < -0.4 is 19.2 Å². The van der Waals surface area contributed by atoms with Crippen molar-refractivity contribution < 1.29 is 19.3 Å². The SMILES string of the molecule is Cn1c(COc2ccc(Cc3sc(=O)[nH]c3O)cc2)nc2ccc(Oc3cccc(N4CCOCC4)c3)cc21. The van der Waals surface area contributed by atoms with Crippen molar-refractivity contribution in [2.75, 3.05) is 31.2 Å². The zero-order valence-electron chi connectivity index (χ0n) is 21.4. The number of aromatic hydroxyl groups is 1. The lowest BCUT2D eigenvalue weighted by Crippen LogP contribution is -2.36.